The number of ether oxygens (including phenoxy) is 1. The number of alkyl halides is 1. The van der Waals surface area contributed by atoms with Crippen molar-refractivity contribution in [3.63, 3.8) is 0 Å². The molecule has 54 valence electrons. The maximum absolute atomic E-state index is 12.6. The third kappa shape index (κ3) is 1.07. The van der Waals surface area contributed by atoms with Crippen LogP contribution in [0.2, 0.25) is 0 Å². The molecule has 0 saturated carbocycles. The molecule has 2 nitrogen and oxygen atoms in total. The highest BCUT2D eigenvalue weighted by Gasteiger charge is 2.38. The van der Waals surface area contributed by atoms with Crippen molar-refractivity contribution in [2.45, 2.75) is 38.3 Å². The molecule has 1 aliphatic rings. The van der Waals surface area contributed by atoms with E-state index in [2.05, 4.69) is 0 Å². The van der Waals surface area contributed by atoms with Crippen LogP contribution in [0.15, 0.2) is 0 Å². The van der Waals surface area contributed by atoms with E-state index in [0.717, 1.165) is 0 Å². The smallest absolute Gasteiger partial charge is 0.154 e. The second-order valence-electron chi connectivity index (χ2n) is 2.48. The van der Waals surface area contributed by atoms with Gasteiger partial charge in [-0.05, 0) is 13.8 Å². The van der Waals surface area contributed by atoms with Crippen molar-refractivity contribution in [2.75, 3.05) is 0 Å². The summed E-state index contributed by atoms with van der Waals surface area (Å²) in [7, 11) is 0. The molecule has 1 N–H and O–H groups in total. The van der Waals surface area contributed by atoms with Gasteiger partial charge >= 0.3 is 0 Å². The van der Waals surface area contributed by atoms with Gasteiger partial charge in [-0.15, -0.1) is 0 Å². The summed E-state index contributed by atoms with van der Waals surface area (Å²) in [6.07, 6.45) is -2.94. The Kier molecular flexibility index (Phi) is 1.73. The maximum Gasteiger partial charge on any atom is 0.154 e. The predicted molar refractivity (Wildman–Crippen MR) is 30.9 cm³/mol. The second kappa shape index (κ2) is 2.23. The molecule has 0 unspecified atom stereocenters. The summed E-state index contributed by atoms with van der Waals surface area (Å²) in [5.41, 5.74) is 0. The van der Waals surface area contributed by atoms with E-state index in [1.807, 2.05) is 0 Å². The normalized spacial score (nSPS) is 52.0. The third-order valence-electron chi connectivity index (χ3n) is 1.68. The SMILES string of the molecule is C[C@@H]1O[C@H](C)[C@H](F)[C@H]1O. The Labute approximate surface area is 53.6 Å². The molecule has 3 heteroatoms. The van der Waals surface area contributed by atoms with E-state index >= 15 is 0 Å². The summed E-state index contributed by atoms with van der Waals surface area (Å²) in [4.78, 5) is 0. The van der Waals surface area contributed by atoms with Crippen molar-refractivity contribution >= 4 is 0 Å². The van der Waals surface area contributed by atoms with Crippen molar-refractivity contribution < 1.29 is 14.2 Å². The van der Waals surface area contributed by atoms with Crippen LogP contribution in [-0.4, -0.2) is 29.6 Å². The number of halogens is 1. The number of aliphatic hydroxyl groups excluding tert-OH is 1. The first-order valence-corrected chi connectivity index (χ1v) is 3.10. The van der Waals surface area contributed by atoms with Crippen LogP contribution in [0.1, 0.15) is 13.8 Å². The number of rotatable bonds is 0. The van der Waals surface area contributed by atoms with Gasteiger partial charge in [0.25, 0.3) is 0 Å². The summed E-state index contributed by atoms with van der Waals surface area (Å²) in [5.74, 6) is 0. The van der Waals surface area contributed by atoms with Crippen molar-refractivity contribution in [3.8, 4) is 0 Å². The average Bonchev–Trinajstić information content (AvgIpc) is 1.98. The molecule has 0 aromatic heterocycles. The first-order valence-electron chi connectivity index (χ1n) is 3.10. The Hall–Kier alpha value is -0.150. The Morgan fingerprint density at radius 2 is 1.89 bits per heavy atom. The van der Waals surface area contributed by atoms with Crippen LogP contribution in [0.5, 0.6) is 0 Å². The van der Waals surface area contributed by atoms with Crippen LogP contribution in [0.25, 0.3) is 0 Å². The van der Waals surface area contributed by atoms with Crippen LogP contribution in [0.3, 0.4) is 0 Å². The molecule has 1 fully saturated rings. The lowest BCUT2D eigenvalue weighted by Crippen LogP contribution is -2.26. The van der Waals surface area contributed by atoms with Crippen molar-refractivity contribution in [1.82, 2.24) is 0 Å². The molecule has 4 atom stereocenters. The zero-order chi connectivity index (χ0) is 7.02. The number of hydrogen-bond donors (Lipinski definition) is 1. The van der Waals surface area contributed by atoms with Crippen molar-refractivity contribution in [2.24, 2.45) is 0 Å². The molecule has 0 spiro atoms. The van der Waals surface area contributed by atoms with E-state index in [4.69, 9.17) is 9.84 Å². The third-order valence-corrected chi connectivity index (χ3v) is 1.68. The average molecular weight is 134 g/mol. The number of aliphatic hydroxyl groups is 1. The van der Waals surface area contributed by atoms with E-state index in [1.54, 1.807) is 13.8 Å². The monoisotopic (exact) mass is 134 g/mol. The van der Waals surface area contributed by atoms with Crippen molar-refractivity contribution in [1.29, 1.82) is 0 Å². The van der Waals surface area contributed by atoms with Gasteiger partial charge in [-0.1, -0.05) is 0 Å². The summed E-state index contributed by atoms with van der Waals surface area (Å²) in [5, 5.41) is 8.94. The highest BCUT2D eigenvalue weighted by atomic mass is 19.1. The molecular formula is C6H11FO2. The molecule has 9 heavy (non-hydrogen) atoms. The van der Waals surface area contributed by atoms with Crippen LogP contribution in [0, 0.1) is 0 Å². The van der Waals surface area contributed by atoms with E-state index in [1.165, 1.54) is 0 Å². The molecule has 0 radical (unpaired) electrons. The summed E-state index contributed by atoms with van der Waals surface area (Å²) in [6, 6.07) is 0. The first-order chi connectivity index (χ1) is 4.13. The van der Waals surface area contributed by atoms with Gasteiger partial charge in [-0.3, -0.25) is 0 Å². The molecule has 1 rings (SSSR count). The minimum atomic E-state index is -1.21. The van der Waals surface area contributed by atoms with Gasteiger partial charge in [0.15, 0.2) is 6.17 Å². The van der Waals surface area contributed by atoms with Gasteiger partial charge in [0, 0.05) is 0 Å². The molecule has 0 aromatic carbocycles. The van der Waals surface area contributed by atoms with Gasteiger partial charge in [-0.2, -0.15) is 0 Å². The minimum Gasteiger partial charge on any atom is -0.387 e. The number of hydrogen-bond acceptors (Lipinski definition) is 2. The minimum absolute atomic E-state index is 0.352. The highest BCUT2D eigenvalue weighted by Crippen LogP contribution is 2.22. The molecule has 1 saturated heterocycles. The maximum atomic E-state index is 12.6. The van der Waals surface area contributed by atoms with E-state index in [-0.39, 0.29) is 6.10 Å². The molecule has 1 aliphatic heterocycles. The van der Waals surface area contributed by atoms with Crippen LogP contribution < -0.4 is 0 Å². The predicted octanol–water partition coefficient (Wildman–Crippen LogP) is 0.493. The standard InChI is InChI=1S/C6H11FO2/c1-3-5(7)6(8)4(2)9-3/h3-6,8H,1-2H3/t3-,4+,5+,6+/m1/s1. The molecule has 0 aromatic rings. The Bertz CT molecular complexity index is 95.2. The molecule has 0 bridgehead atoms. The quantitative estimate of drug-likeness (QED) is 0.522. The molecule has 1 heterocycles. The topological polar surface area (TPSA) is 29.5 Å². The van der Waals surface area contributed by atoms with Gasteiger partial charge in [0.1, 0.15) is 6.10 Å². The summed E-state index contributed by atoms with van der Waals surface area (Å²) >= 11 is 0. The van der Waals surface area contributed by atoms with E-state index < -0.39 is 18.4 Å². The van der Waals surface area contributed by atoms with Gasteiger partial charge < -0.3 is 9.84 Å². The lowest BCUT2D eigenvalue weighted by atomic mass is 10.1. The fourth-order valence-electron chi connectivity index (χ4n) is 1.03. The van der Waals surface area contributed by atoms with Gasteiger partial charge in [-0.25, -0.2) is 4.39 Å². The van der Waals surface area contributed by atoms with Crippen LogP contribution in [-0.2, 0) is 4.74 Å². The van der Waals surface area contributed by atoms with E-state index in [9.17, 15) is 4.39 Å². The van der Waals surface area contributed by atoms with E-state index in [0.29, 0.717) is 0 Å². The summed E-state index contributed by atoms with van der Waals surface area (Å²) in [6.45, 7) is 3.29. The zero-order valence-electron chi connectivity index (χ0n) is 5.54. The molecular weight excluding hydrogens is 123 g/mol. The Morgan fingerprint density at radius 1 is 1.33 bits per heavy atom. The lowest BCUT2D eigenvalue weighted by molar-refractivity contribution is 0.0287. The zero-order valence-corrected chi connectivity index (χ0v) is 5.54. The lowest BCUT2D eigenvalue weighted by Gasteiger charge is -2.05. The fraction of sp³-hybridized carbons (Fsp3) is 1.00. The van der Waals surface area contributed by atoms with Crippen LogP contribution in [0.4, 0.5) is 4.39 Å². The van der Waals surface area contributed by atoms with Gasteiger partial charge in [0.05, 0.1) is 12.2 Å². The summed E-state index contributed by atoms with van der Waals surface area (Å²) < 4.78 is 17.5. The Morgan fingerprint density at radius 3 is 2.00 bits per heavy atom. The van der Waals surface area contributed by atoms with Crippen LogP contribution >= 0.6 is 0 Å². The van der Waals surface area contributed by atoms with Gasteiger partial charge in [0.2, 0.25) is 0 Å². The fourth-order valence-corrected chi connectivity index (χ4v) is 1.03. The first kappa shape index (κ1) is 6.96. The highest BCUT2D eigenvalue weighted by molar-refractivity contribution is 4.85. The Balaban J connectivity index is 2.54. The second-order valence-corrected chi connectivity index (χ2v) is 2.48. The molecule has 0 aliphatic carbocycles. The van der Waals surface area contributed by atoms with Crippen molar-refractivity contribution in [3.05, 3.63) is 0 Å². The largest absolute Gasteiger partial charge is 0.387 e. The molecule has 0 amide bonds.